The van der Waals surface area contributed by atoms with Gasteiger partial charge in [-0.3, -0.25) is 4.79 Å². The highest BCUT2D eigenvalue weighted by Crippen LogP contribution is 2.19. The van der Waals surface area contributed by atoms with Gasteiger partial charge in [-0.25, -0.2) is 14.4 Å². The van der Waals surface area contributed by atoms with Gasteiger partial charge in [0.05, 0.1) is 16.6 Å². The SMILES string of the molecule is CC.CC.CCc1nc2nc3ccccc3c(=O)n2c2c1CNCC2. The third-order valence-electron chi connectivity index (χ3n) is 4.13. The molecule has 3 heterocycles. The Morgan fingerprint density at radius 2 is 1.84 bits per heavy atom. The molecule has 134 valence electrons. The van der Waals surface area contributed by atoms with Crippen LogP contribution in [-0.2, 0) is 19.4 Å². The van der Waals surface area contributed by atoms with Crippen LogP contribution >= 0.6 is 0 Å². The molecule has 0 aliphatic carbocycles. The molecule has 0 atom stereocenters. The molecule has 1 aliphatic heterocycles. The first-order chi connectivity index (χ1) is 12.3. The highest BCUT2D eigenvalue weighted by Gasteiger charge is 2.19. The lowest BCUT2D eigenvalue weighted by Gasteiger charge is -2.21. The number of hydrogen-bond acceptors (Lipinski definition) is 4. The lowest BCUT2D eigenvalue weighted by Crippen LogP contribution is -2.31. The van der Waals surface area contributed by atoms with Gasteiger partial charge < -0.3 is 5.32 Å². The first-order valence-electron chi connectivity index (χ1n) is 9.32. The van der Waals surface area contributed by atoms with Gasteiger partial charge in [0.2, 0.25) is 5.78 Å². The predicted octanol–water partition coefficient (Wildman–Crippen LogP) is 3.50. The van der Waals surface area contributed by atoms with Crippen molar-refractivity contribution in [2.45, 2.75) is 54.0 Å². The molecule has 1 N–H and O–H groups in total. The number of rotatable bonds is 1. The van der Waals surface area contributed by atoms with E-state index in [-0.39, 0.29) is 5.56 Å². The fourth-order valence-corrected chi connectivity index (χ4v) is 3.11. The highest BCUT2D eigenvalue weighted by molar-refractivity contribution is 5.79. The first-order valence-corrected chi connectivity index (χ1v) is 9.32. The number of hydrogen-bond donors (Lipinski definition) is 1. The lowest BCUT2D eigenvalue weighted by atomic mass is 10.0. The lowest BCUT2D eigenvalue weighted by molar-refractivity contribution is 0.609. The fourth-order valence-electron chi connectivity index (χ4n) is 3.11. The second-order valence-corrected chi connectivity index (χ2v) is 5.33. The van der Waals surface area contributed by atoms with E-state index in [2.05, 4.69) is 22.2 Å². The van der Waals surface area contributed by atoms with Crippen LogP contribution in [0.2, 0.25) is 0 Å². The summed E-state index contributed by atoms with van der Waals surface area (Å²) in [7, 11) is 0. The minimum atomic E-state index is -0.0103. The number of benzene rings is 1. The van der Waals surface area contributed by atoms with Crippen molar-refractivity contribution in [1.82, 2.24) is 19.7 Å². The highest BCUT2D eigenvalue weighted by atomic mass is 16.1. The summed E-state index contributed by atoms with van der Waals surface area (Å²) in [6.07, 6.45) is 1.69. The van der Waals surface area contributed by atoms with Gasteiger partial charge in [-0.15, -0.1) is 0 Å². The normalized spacial score (nSPS) is 12.7. The third kappa shape index (κ3) is 3.42. The molecule has 0 saturated heterocycles. The van der Waals surface area contributed by atoms with E-state index < -0.39 is 0 Å². The van der Waals surface area contributed by atoms with Gasteiger partial charge in [-0.2, -0.15) is 0 Å². The molecule has 4 rings (SSSR count). The topological polar surface area (TPSA) is 59.3 Å². The third-order valence-corrected chi connectivity index (χ3v) is 4.13. The van der Waals surface area contributed by atoms with E-state index in [0.717, 1.165) is 42.9 Å². The van der Waals surface area contributed by atoms with E-state index in [1.54, 1.807) is 4.40 Å². The zero-order valence-electron chi connectivity index (χ0n) is 15.9. The first kappa shape index (κ1) is 19.1. The summed E-state index contributed by atoms with van der Waals surface area (Å²) in [5.41, 5.74) is 3.98. The average Bonchev–Trinajstić information content (AvgIpc) is 2.70. The van der Waals surface area contributed by atoms with E-state index in [1.807, 2.05) is 52.0 Å². The molecule has 25 heavy (non-hydrogen) atoms. The van der Waals surface area contributed by atoms with Crippen LogP contribution in [0.25, 0.3) is 16.7 Å². The molecule has 5 heteroatoms. The van der Waals surface area contributed by atoms with Crippen LogP contribution in [0, 0.1) is 0 Å². The number of nitrogens with one attached hydrogen (secondary N) is 1. The largest absolute Gasteiger partial charge is 0.312 e. The van der Waals surface area contributed by atoms with Gasteiger partial charge in [0.25, 0.3) is 5.56 Å². The van der Waals surface area contributed by atoms with Crippen molar-refractivity contribution in [3.8, 4) is 0 Å². The van der Waals surface area contributed by atoms with E-state index in [1.165, 1.54) is 0 Å². The maximum atomic E-state index is 12.8. The fraction of sp³-hybridized carbons (Fsp3) is 0.450. The van der Waals surface area contributed by atoms with Crippen molar-refractivity contribution in [2.75, 3.05) is 6.54 Å². The second-order valence-electron chi connectivity index (χ2n) is 5.33. The summed E-state index contributed by atoms with van der Waals surface area (Å²) in [6.45, 7) is 11.8. The van der Waals surface area contributed by atoms with Crippen molar-refractivity contribution >= 4 is 16.7 Å². The van der Waals surface area contributed by atoms with Crippen LogP contribution in [0.4, 0.5) is 0 Å². The van der Waals surface area contributed by atoms with E-state index in [9.17, 15) is 4.79 Å². The van der Waals surface area contributed by atoms with Gasteiger partial charge in [-0.1, -0.05) is 46.8 Å². The molecule has 5 nitrogen and oxygen atoms in total. The maximum Gasteiger partial charge on any atom is 0.267 e. The standard InChI is InChI=1S/C16H16N4O.2C2H6/c1-2-12-11-9-17-8-7-14(11)20-15(21)10-5-3-4-6-13(10)19-16(20)18-12;2*1-2/h3-6,17H,2,7-9H2,1H3;2*1-2H3. The predicted molar refractivity (Wildman–Crippen MR) is 104 cm³/mol. The molecule has 1 aliphatic rings. The quantitative estimate of drug-likeness (QED) is 0.689. The molecule has 3 aromatic rings. The zero-order valence-corrected chi connectivity index (χ0v) is 15.9. The Labute approximate surface area is 149 Å². The summed E-state index contributed by atoms with van der Waals surface area (Å²) >= 11 is 0. The summed E-state index contributed by atoms with van der Waals surface area (Å²) < 4.78 is 1.71. The van der Waals surface area contributed by atoms with Crippen LogP contribution in [0.5, 0.6) is 0 Å². The van der Waals surface area contributed by atoms with Crippen molar-refractivity contribution in [2.24, 2.45) is 0 Å². The maximum absolute atomic E-state index is 12.8. The minimum absolute atomic E-state index is 0.0103. The molecular weight excluding hydrogens is 312 g/mol. The molecule has 0 spiro atoms. The molecule has 0 saturated carbocycles. The molecule has 1 aromatic carbocycles. The number of para-hydroxylation sites is 1. The Kier molecular flexibility index (Phi) is 6.65. The van der Waals surface area contributed by atoms with Crippen molar-refractivity contribution < 1.29 is 0 Å². The van der Waals surface area contributed by atoms with Crippen LogP contribution in [-0.4, -0.2) is 20.9 Å². The summed E-state index contributed by atoms with van der Waals surface area (Å²) in [5, 5.41) is 4.02. The molecule has 2 aromatic heterocycles. The monoisotopic (exact) mass is 340 g/mol. The van der Waals surface area contributed by atoms with Crippen LogP contribution in [0.3, 0.4) is 0 Å². The van der Waals surface area contributed by atoms with Gasteiger partial charge in [0, 0.05) is 30.8 Å². The summed E-state index contributed by atoms with van der Waals surface area (Å²) in [4.78, 5) is 22.0. The van der Waals surface area contributed by atoms with Crippen LogP contribution < -0.4 is 10.9 Å². The van der Waals surface area contributed by atoms with E-state index in [4.69, 9.17) is 0 Å². The van der Waals surface area contributed by atoms with Gasteiger partial charge >= 0.3 is 0 Å². The summed E-state index contributed by atoms with van der Waals surface area (Å²) in [6, 6.07) is 7.47. The number of aromatic nitrogens is 3. The van der Waals surface area contributed by atoms with Crippen molar-refractivity contribution in [3.05, 3.63) is 51.6 Å². The van der Waals surface area contributed by atoms with Crippen LogP contribution in [0.15, 0.2) is 29.1 Å². The molecular formula is C20H28N4O. The van der Waals surface area contributed by atoms with Crippen LogP contribution in [0.1, 0.15) is 51.6 Å². The van der Waals surface area contributed by atoms with Crippen molar-refractivity contribution in [3.63, 3.8) is 0 Å². The number of fused-ring (bicyclic) bond motifs is 4. The molecule has 0 radical (unpaired) electrons. The van der Waals surface area contributed by atoms with Crippen molar-refractivity contribution in [1.29, 1.82) is 0 Å². The Balaban J connectivity index is 0.000000528. The second kappa shape index (κ2) is 8.72. The minimum Gasteiger partial charge on any atom is -0.312 e. The Morgan fingerprint density at radius 1 is 1.12 bits per heavy atom. The smallest absolute Gasteiger partial charge is 0.267 e. The average molecular weight is 340 g/mol. The Bertz CT molecular complexity index is 915. The van der Waals surface area contributed by atoms with Gasteiger partial charge in [0.15, 0.2) is 0 Å². The molecule has 0 amide bonds. The van der Waals surface area contributed by atoms with Gasteiger partial charge in [-0.05, 0) is 18.6 Å². The Morgan fingerprint density at radius 3 is 2.56 bits per heavy atom. The van der Waals surface area contributed by atoms with E-state index in [0.29, 0.717) is 16.7 Å². The molecule has 0 bridgehead atoms. The molecule has 0 fully saturated rings. The zero-order chi connectivity index (χ0) is 18.4. The molecule has 0 unspecified atom stereocenters. The van der Waals surface area contributed by atoms with Gasteiger partial charge in [0.1, 0.15) is 0 Å². The Hall–Kier alpha value is -2.27. The van der Waals surface area contributed by atoms with E-state index >= 15 is 0 Å². The number of nitrogens with zero attached hydrogens (tertiary/aromatic N) is 3. The number of aryl methyl sites for hydroxylation is 1. The summed E-state index contributed by atoms with van der Waals surface area (Å²) in [5.74, 6) is 0.524.